The minimum absolute atomic E-state index is 0.134. The van der Waals surface area contributed by atoms with Gasteiger partial charge in [-0.25, -0.2) is 14.0 Å². The predicted molar refractivity (Wildman–Crippen MR) is 155 cm³/mol. The third kappa shape index (κ3) is 7.07. The van der Waals surface area contributed by atoms with Crippen molar-refractivity contribution in [2.24, 2.45) is 5.92 Å². The minimum atomic E-state index is -0.368. The fraction of sp³-hybridized carbons (Fsp3) is 0.394. The molecule has 0 saturated carbocycles. The number of anilines is 1. The van der Waals surface area contributed by atoms with E-state index in [2.05, 4.69) is 28.4 Å². The number of urea groups is 1. The fourth-order valence-electron chi connectivity index (χ4n) is 5.93. The van der Waals surface area contributed by atoms with Gasteiger partial charge in [0, 0.05) is 24.7 Å². The second-order valence-electron chi connectivity index (χ2n) is 10.9. The molecule has 40 heavy (non-hydrogen) atoms. The van der Waals surface area contributed by atoms with Gasteiger partial charge in [0.2, 0.25) is 0 Å². The highest BCUT2D eigenvalue weighted by atomic mass is 19.1. The number of hydrogen-bond acceptors (Lipinski definition) is 4. The van der Waals surface area contributed by atoms with Crippen LogP contribution >= 0.6 is 0 Å². The van der Waals surface area contributed by atoms with Crippen molar-refractivity contribution in [1.82, 2.24) is 9.80 Å². The van der Waals surface area contributed by atoms with Gasteiger partial charge in [0.1, 0.15) is 5.82 Å². The van der Waals surface area contributed by atoms with E-state index in [0.717, 1.165) is 45.3 Å². The number of benzene rings is 3. The molecule has 2 amide bonds. The summed E-state index contributed by atoms with van der Waals surface area (Å²) in [4.78, 5) is 29.6. The van der Waals surface area contributed by atoms with Crippen molar-refractivity contribution < 1.29 is 18.7 Å². The van der Waals surface area contributed by atoms with Crippen molar-refractivity contribution in [2.75, 3.05) is 38.1 Å². The highest BCUT2D eigenvalue weighted by Gasteiger charge is 2.29. The molecule has 2 aliphatic rings. The lowest BCUT2D eigenvalue weighted by atomic mass is 9.86. The number of ether oxygens (including phenoxy) is 1. The zero-order valence-corrected chi connectivity index (χ0v) is 23.2. The van der Waals surface area contributed by atoms with Crippen LogP contribution in [0.2, 0.25) is 0 Å². The number of amides is 2. The normalized spacial score (nSPS) is 17.8. The van der Waals surface area contributed by atoms with Gasteiger partial charge in [0.05, 0.1) is 12.2 Å². The first-order valence-electron chi connectivity index (χ1n) is 14.4. The first-order valence-corrected chi connectivity index (χ1v) is 14.4. The monoisotopic (exact) mass is 543 g/mol. The van der Waals surface area contributed by atoms with E-state index in [1.165, 1.54) is 16.7 Å². The Hall–Kier alpha value is -3.71. The summed E-state index contributed by atoms with van der Waals surface area (Å²) in [6.45, 7) is 6.51. The van der Waals surface area contributed by atoms with E-state index in [0.29, 0.717) is 36.9 Å². The summed E-state index contributed by atoms with van der Waals surface area (Å²) in [6.07, 6.45) is 4.32. The van der Waals surface area contributed by atoms with Gasteiger partial charge in [0.25, 0.3) is 0 Å². The molecule has 0 aliphatic carbocycles. The first-order chi connectivity index (χ1) is 19.5. The predicted octanol–water partition coefficient (Wildman–Crippen LogP) is 6.48. The summed E-state index contributed by atoms with van der Waals surface area (Å²) >= 11 is 0. The molecule has 2 heterocycles. The number of nitrogens with zero attached hydrogens (tertiary/aromatic N) is 2. The number of hydrogen-bond donors (Lipinski definition) is 1. The number of esters is 1. The Bertz CT molecular complexity index is 1290. The van der Waals surface area contributed by atoms with Crippen molar-refractivity contribution in [1.29, 1.82) is 0 Å². The fourth-order valence-corrected chi connectivity index (χ4v) is 5.93. The molecule has 2 aliphatic heterocycles. The van der Waals surface area contributed by atoms with Crippen molar-refractivity contribution >= 4 is 17.7 Å². The number of nitrogens with one attached hydrogen (secondary N) is 1. The Morgan fingerprint density at radius 2 is 1.70 bits per heavy atom. The maximum Gasteiger partial charge on any atom is 0.338 e. The molecule has 1 fully saturated rings. The van der Waals surface area contributed by atoms with Gasteiger partial charge in [-0.05, 0) is 111 Å². The van der Waals surface area contributed by atoms with Gasteiger partial charge < -0.3 is 19.9 Å². The van der Waals surface area contributed by atoms with E-state index in [1.807, 2.05) is 23.1 Å². The van der Waals surface area contributed by atoms with Crippen LogP contribution in [-0.2, 0) is 17.7 Å². The lowest BCUT2D eigenvalue weighted by molar-refractivity contribution is 0.0526. The molecule has 1 saturated heterocycles. The topological polar surface area (TPSA) is 61.9 Å². The van der Waals surface area contributed by atoms with Gasteiger partial charge in [0.15, 0.2) is 0 Å². The largest absolute Gasteiger partial charge is 0.462 e. The number of rotatable bonds is 8. The Kier molecular flexibility index (Phi) is 9.12. The molecular formula is C33H38FN3O3. The van der Waals surface area contributed by atoms with E-state index >= 15 is 0 Å². The quantitative estimate of drug-likeness (QED) is 0.331. The number of fused-ring (bicyclic) bond motifs is 1. The molecule has 1 N–H and O–H groups in total. The van der Waals surface area contributed by atoms with E-state index in [1.54, 1.807) is 43.3 Å². The molecule has 0 aromatic heterocycles. The summed E-state index contributed by atoms with van der Waals surface area (Å²) in [5.41, 5.74) is 4.87. The molecule has 1 unspecified atom stereocenters. The summed E-state index contributed by atoms with van der Waals surface area (Å²) < 4.78 is 18.3. The average Bonchev–Trinajstić information content (AvgIpc) is 2.98. The van der Waals surface area contributed by atoms with E-state index in [9.17, 15) is 14.0 Å². The Morgan fingerprint density at radius 1 is 0.975 bits per heavy atom. The van der Waals surface area contributed by atoms with Crippen LogP contribution in [-0.4, -0.2) is 54.6 Å². The standard InChI is InChI=1S/C33H38FN3O3/c1-2-40-32(38)26-9-13-30(14-10-26)35-33(39)37-22-27-5-3-4-6-31(27)28(23-37)17-20-36-18-15-25(16-19-36)21-24-7-11-29(34)12-8-24/h3-14,25,28H,2,15-23H2,1H3,(H,35,39). The SMILES string of the molecule is CCOC(=O)c1ccc(NC(=O)N2Cc3ccccc3C(CCN3CCC(Cc4ccc(F)cc4)CC3)C2)cc1. The van der Waals surface area contributed by atoms with Crippen LogP contribution in [0.15, 0.2) is 72.8 Å². The highest BCUT2D eigenvalue weighted by Crippen LogP contribution is 2.32. The van der Waals surface area contributed by atoms with Crippen LogP contribution in [0.4, 0.5) is 14.9 Å². The molecular weight excluding hydrogens is 505 g/mol. The Balaban J connectivity index is 1.15. The highest BCUT2D eigenvalue weighted by molar-refractivity contribution is 5.92. The molecule has 7 heteroatoms. The smallest absolute Gasteiger partial charge is 0.338 e. The zero-order valence-electron chi connectivity index (χ0n) is 23.2. The van der Waals surface area contributed by atoms with Gasteiger partial charge in [-0.15, -0.1) is 0 Å². The average molecular weight is 544 g/mol. The molecule has 210 valence electrons. The maximum atomic E-state index is 13.2. The lowest BCUT2D eigenvalue weighted by Crippen LogP contribution is -2.42. The van der Waals surface area contributed by atoms with Gasteiger partial charge in [-0.3, -0.25) is 0 Å². The van der Waals surface area contributed by atoms with Crippen LogP contribution in [0.1, 0.15) is 59.2 Å². The van der Waals surface area contributed by atoms with Crippen LogP contribution in [0.5, 0.6) is 0 Å². The van der Waals surface area contributed by atoms with Crippen molar-refractivity contribution in [3.05, 3.63) is 101 Å². The van der Waals surface area contributed by atoms with Crippen molar-refractivity contribution in [3.63, 3.8) is 0 Å². The van der Waals surface area contributed by atoms with E-state index < -0.39 is 0 Å². The molecule has 0 radical (unpaired) electrons. The third-order valence-corrected chi connectivity index (χ3v) is 8.17. The summed E-state index contributed by atoms with van der Waals surface area (Å²) in [5.74, 6) is 0.373. The minimum Gasteiger partial charge on any atom is -0.462 e. The number of likely N-dealkylation sites (tertiary alicyclic amines) is 1. The molecule has 1 atom stereocenters. The number of halogens is 1. The van der Waals surface area contributed by atoms with Gasteiger partial charge in [-0.1, -0.05) is 36.4 Å². The second kappa shape index (κ2) is 13.1. The Labute approximate surface area is 236 Å². The maximum absolute atomic E-state index is 13.2. The van der Waals surface area contributed by atoms with Crippen molar-refractivity contribution in [2.45, 2.75) is 45.1 Å². The van der Waals surface area contributed by atoms with Gasteiger partial charge >= 0.3 is 12.0 Å². The number of piperidine rings is 1. The Morgan fingerprint density at radius 3 is 2.42 bits per heavy atom. The molecule has 3 aromatic carbocycles. The summed E-state index contributed by atoms with van der Waals surface area (Å²) in [5, 5.41) is 3.00. The van der Waals surface area contributed by atoms with Gasteiger partial charge in [-0.2, -0.15) is 0 Å². The van der Waals surface area contributed by atoms with Crippen LogP contribution < -0.4 is 5.32 Å². The number of carbonyl (C=O) groups is 2. The summed E-state index contributed by atoms with van der Waals surface area (Å²) in [6, 6.07) is 22.1. The van der Waals surface area contributed by atoms with E-state index in [4.69, 9.17) is 4.74 Å². The molecule has 6 nitrogen and oxygen atoms in total. The molecule has 3 aromatic rings. The van der Waals surface area contributed by atoms with Crippen LogP contribution in [0.3, 0.4) is 0 Å². The lowest BCUT2D eigenvalue weighted by Gasteiger charge is -2.37. The zero-order chi connectivity index (χ0) is 27.9. The number of carbonyl (C=O) groups excluding carboxylic acids is 2. The first kappa shape index (κ1) is 27.8. The molecule has 5 rings (SSSR count). The van der Waals surface area contributed by atoms with Crippen molar-refractivity contribution in [3.8, 4) is 0 Å². The van der Waals surface area contributed by atoms with Crippen LogP contribution in [0, 0.1) is 11.7 Å². The van der Waals surface area contributed by atoms with E-state index in [-0.39, 0.29) is 23.7 Å². The third-order valence-electron chi connectivity index (χ3n) is 8.17. The second-order valence-corrected chi connectivity index (χ2v) is 10.9. The summed E-state index contributed by atoms with van der Waals surface area (Å²) in [7, 11) is 0. The molecule has 0 bridgehead atoms. The van der Waals surface area contributed by atoms with Crippen LogP contribution in [0.25, 0.3) is 0 Å². The molecule has 0 spiro atoms.